The molecule has 0 saturated heterocycles. The van der Waals surface area contributed by atoms with Crippen LogP contribution in [0.3, 0.4) is 0 Å². The first-order chi connectivity index (χ1) is 8.88. The van der Waals surface area contributed by atoms with Gasteiger partial charge in [0.15, 0.2) is 0 Å². The lowest BCUT2D eigenvalue weighted by atomic mass is 10.1. The van der Waals surface area contributed by atoms with Crippen molar-refractivity contribution in [3.63, 3.8) is 0 Å². The second-order valence-electron chi connectivity index (χ2n) is 4.53. The molecule has 1 aromatic carbocycles. The van der Waals surface area contributed by atoms with Crippen molar-refractivity contribution < 1.29 is 9.72 Å². The number of anilines is 1. The Morgan fingerprint density at radius 2 is 2.11 bits per heavy atom. The van der Waals surface area contributed by atoms with E-state index in [1.165, 1.54) is 18.2 Å². The molecule has 0 atom stereocenters. The molecule has 0 saturated carbocycles. The molecule has 104 valence electrons. The summed E-state index contributed by atoms with van der Waals surface area (Å²) in [5.41, 5.74) is 0.791. The summed E-state index contributed by atoms with van der Waals surface area (Å²) in [6, 6.07) is 4.45. The number of hydrogen-bond donors (Lipinski definition) is 1. The molecule has 6 nitrogen and oxygen atoms in total. The zero-order valence-corrected chi connectivity index (χ0v) is 11.6. The summed E-state index contributed by atoms with van der Waals surface area (Å²) in [7, 11) is 1.71. The zero-order valence-electron chi connectivity index (χ0n) is 11.6. The Labute approximate surface area is 112 Å². The highest BCUT2D eigenvalue weighted by Gasteiger charge is 2.19. The van der Waals surface area contributed by atoms with Crippen LogP contribution in [0.25, 0.3) is 0 Å². The highest BCUT2D eigenvalue weighted by Crippen LogP contribution is 2.26. The first-order valence-corrected chi connectivity index (χ1v) is 6.18. The highest BCUT2D eigenvalue weighted by atomic mass is 16.6. The minimum absolute atomic E-state index is 0.0226. The average Bonchev–Trinajstić information content (AvgIpc) is 2.36. The molecule has 0 radical (unpaired) electrons. The second-order valence-corrected chi connectivity index (χ2v) is 4.53. The molecule has 0 heterocycles. The monoisotopic (exact) mass is 265 g/mol. The summed E-state index contributed by atoms with van der Waals surface area (Å²) in [4.78, 5) is 24.2. The van der Waals surface area contributed by atoms with Crippen LogP contribution in [-0.4, -0.2) is 35.4 Å². The van der Waals surface area contributed by atoms with Crippen molar-refractivity contribution in [3.05, 3.63) is 33.9 Å². The van der Waals surface area contributed by atoms with Crippen molar-refractivity contribution in [2.75, 3.05) is 18.9 Å². The first-order valence-electron chi connectivity index (χ1n) is 6.18. The van der Waals surface area contributed by atoms with Gasteiger partial charge < -0.3 is 10.2 Å². The molecule has 0 aromatic heterocycles. The summed E-state index contributed by atoms with van der Waals surface area (Å²) in [5, 5.41) is 13.8. The fourth-order valence-electron chi connectivity index (χ4n) is 1.60. The zero-order chi connectivity index (χ0) is 14.6. The second kappa shape index (κ2) is 6.17. The van der Waals surface area contributed by atoms with Crippen LogP contribution >= 0.6 is 0 Å². The summed E-state index contributed by atoms with van der Waals surface area (Å²) in [6.45, 7) is 6.22. The molecular formula is C13H19N3O3. The van der Waals surface area contributed by atoms with E-state index in [4.69, 9.17) is 0 Å². The Morgan fingerprint density at radius 3 is 2.58 bits per heavy atom. The van der Waals surface area contributed by atoms with Crippen LogP contribution in [0.4, 0.5) is 11.4 Å². The van der Waals surface area contributed by atoms with E-state index in [1.54, 1.807) is 11.9 Å². The number of carbonyl (C=O) groups is 1. The van der Waals surface area contributed by atoms with Gasteiger partial charge in [0.05, 0.1) is 4.92 Å². The van der Waals surface area contributed by atoms with Gasteiger partial charge in [-0.1, -0.05) is 0 Å². The van der Waals surface area contributed by atoms with Crippen LogP contribution in [0, 0.1) is 10.1 Å². The van der Waals surface area contributed by atoms with Crippen LogP contribution in [0.1, 0.15) is 31.1 Å². The van der Waals surface area contributed by atoms with Crippen LogP contribution < -0.4 is 5.32 Å². The minimum atomic E-state index is -0.460. The third-order valence-electron chi connectivity index (χ3n) is 2.90. The molecule has 1 N–H and O–H groups in total. The van der Waals surface area contributed by atoms with Crippen LogP contribution in [-0.2, 0) is 0 Å². The lowest BCUT2D eigenvalue weighted by Gasteiger charge is -2.21. The van der Waals surface area contributed by atoms with Crippen molar-refractivity contribution in [3.8, 4) is 0 Å². The van der Waals surface area contributed by atoms with Gasteiger partial charge >= 0.3 is 0 Å². The summed E-state index contributed by atoms with van der Waals surface area (Å²) >= 11 is 0. The van der Waals surface area contributed by atoms with Crippen molar-refractivity contribution in [1.29, 1.82) is 0 Å². The Kier molecular flexibility index (Phi) is 4.86. The van der Waals surface area contributed by atoms with Gasteiger partial charge in [0.2, 0.25) is 0 Å². The van der Waals surface area contributed by atoms with Gasteiger partial charge in [-0.3, -0.25) is 14.9 Å². The smallest absolute Gasteiger partial charge is 0.292 e. The van der Waals surface area contributed by atoms with E-state index in [2.05, 4.69) is 5.32 Å². The highest BCUT2D eigenvalue weighted by molar-refractivity contribution is 5.96. The molecule has 0 fully saturated rings. The molecule has 1 aromatic rings. The molecule has 0 aliphatic rings. The first kappa shape index (κ1) is 14.9. The van der Waals surface area contributed by atoms with Crippen molar-refractivity contribution in [2.24, 2.45) is 0 Å². The van der Waals surface area contributed by atoms with Crippen LogP contribution in [0.15, 0.2) is 18.2 Å². The predicted octanol–water partition coefficient (Wildman–Crippen LogP) is 2.51. The third-order valence-corrected chi connectivity index (χ3v) is 2.90. The Hall–Kier alpha value is -2.11. The summed E-state index contributed by atoms with van der Waals surface area (Å²) in [5.74, 6) is -0.149. The molecule has 0 aliphatic carbocycles. The number of hydrogen-bond acceptors (Lipinski definition) is 4. The Morgan fingerprint density at radius 1 is 1.47 bits per heavy atom. The topological polar surface area (TPSA) is 75.5 Å². The molecular weight excluding hydrogens is 246 g/mol. The maximum absolute atomic E-state index is 12.2. The minimum Gasteiger partial charge on any atom is -0.380 e. The van der Waals surface area contributed by atoms with Crippen molar-refractivity contribution in [2.45, 2.75) is 26.8 Å². The van der Waals surface area contributed by atoms with E-state index in [1.807, 2.05) is 20.8 Å². The quantitative estimate of drug-likeness (QED) is 0.655. The van der Waals surface area contributed by atoms with Crippen LogP contribution in [0.2, 0.25) is 0 Å². The molecule has 0 spiro atoms. The van der Waals surface area contributed by atoms with Gasteiger partial charge in [-0.25, -0.2) is 0 Å². The normalized spacial score (nSPS) is 10.4. The van der Waals surface area contributed by atoms with Gasteiger partial charge in [-0.15, -0.1) is 0 Å². The number of nitrogens with zero attached hydrogens (tertiary/aromatic N) is 2. The molecule has 19 heavy (non-hydrogen) atoms. The van der Waals surface area contributed by atoms with E-state index in [0.717, 1.165) is 0 Å². The van der Waals surface area contributed by atoms with Gasteiger partial charge in [0, 0.05) is 31.3 Å². The maximum Gasteiger partial charge on any atom is 0.292 e. The molecule has 1 amide bonds. The predicted molar refractivity (Wildman–Crippen MR) is 74.5 cm³/mol. The van der Waals surface area contributed by atoms with Gasteiger partial charge in [0.1, 0.15) is 5.69 Å². The number of carbonyl (C=O) groups excluding carboxylic acids is 1. The fraction of sp³-hybridized carbons (Fsp3) is 0.462. The van der Waals surface area contributed by atoms with Gasteiger partial charge in [-0.2, -0.15) is 0 Å². The van der Waals surface area contributed by atoms with E-state index in [0.29, 0.717) is 17.8 Å². The van der Waals surface area contributed by atoms with E-state index >= 15 is 0 Å². The third kappa shape index (κ3) is 3.43. The fourth-order valence-corrected chi connectivity index (χ4v) is 1.60. The molecule has 0 bridgehead atoms. The number of rotatable bonds is 5. The van der Waals surface area contributed by atoms with E-state index in [-0.39, 0.29) is 17.6 Å². The summed E-state index contributed by atoms with van der Waals surface area (Å²) < 4.78 is 0. The molecule has 6 heteroatoms. The molecule has 0 aliphatic heterocycles. The Bertz CT molecular complexity index is 486. The largest absolute Gasteiger partial charge is 0.380 e. The van der Waals surface area contributed by atoms with E-state index in [9.17, 15) is 14.9 Å². The molecule has 1 rings (SSSR count). The lowest BCUT2D eigenvalue weighted by Crippen LogP contribution is -2.33. The number of benzene rings is 1. The maximum atomic E-state index is 12.2. The molecule has 0 unspecified atom stereocenters. The average molecular weight is 265 g/mol. The van der Waals surface area contributed by atoms with Gasteiger partial charge in [0.25, 0.3) is 11.6 Å². The number of nitrogens with one attached hydrogen (secondary N) is 1. The SMILES string of the molecule is CCNc1cc(C(=O)N(C)C(C)C)ccc1[N+](=O)[O-]. The summed E-state index contributed by atoms with van der Waals surface area (Å²) in [6.07, 6.45) is 0. The van der Waals surface area contributed by atoms with Gasteiger partial charge in [-0.05, 0) is 32.9 Å². The van der Waals surface area contributed by atoms with E-state index < -0.39 is 4.92 Å². The van der Waals surface area contributed by atoms with Crippen molar-refractivity contribution >= 4 is 17.3 Å². The number of nitro groups is 1. The lowest BCUT2D eigenvalue weighted by molar-refractivity contribution is -0.384. The van der Waals surface area contributed by atoms with Crippen LogP contribution in [0.5, 0.6) is 0 Å². The Balaban J connectivity index is 3.14. The number of nitro benzene ring substituents is 1. The number of amides is 1. The van der Waals surface area contributed by atoms with Crippen molar-refractivity contribution in [1.82, 2.24) is 4.90 Å². The standard InChI is InChI=1S/C13H19N3O3/c1-5-14-11-8-10(6-7-12(11)16(18)19)13(17)15(4)9(2)3/h6-9,14H,5H2,1-4H3.